The second-order valence-corrected chi connectivity index (χ2v) is 3.35. The molecule has 2 rings (SSSR count). The lowest BCUT2D eigenvalue weighted by Gasteiger charge is -1.94. The molecule has 1 N–H and O–H groups in total. The maximum absolute atomic E-state index is 8.64. The Labute approximate surface area is 71.4 Å². The molecule has 0 bridgehead atoms. The standard InChI is InChI=1S/C9H11N3/c1-6(4-10)9-11-5-8(12-9)7-2-3-7/h5-7H,2-3H2,1H3,(H,11,12). The fourth-order valence-electron chi connectivity index (χ4n) is 1.23. The highest BCUT2D eigenvalue weighted by Gasteiger charge is 2.25. The van der Waals surface area contributed by atoms with E-state index >= 15 is 0 Å². The van der Waals surface area contributed by atoms with Gasteiger partial charge in [0.1, 0.15) is 11.7 Å². The molecule has 1 aliphatic carbocycles. The molecule has 0 aromatic carbocycles. The van der Waals surface area contributed by atoms with Crippen LogP contribution in [0, 0.1) is 11.3 Å². The topological polar surface area (TPSA) is 52.5 Å². The summed E-state index contributed by atoms with van der Waals surface area (Å²) in [5.41, 5.74) is 1.20. The highest BCUT2D eigenvalue weighted by molar-refractivity contribution is 5.17. The summed E-state index contributed by atoms with van der Waals surface area (Å²) in [6.07, 6.45) is 4.39. The third-order valence-electron chi connectivity index (χ3n) is 2.24. The Kier molecular flexibility index (Phi) is 1.61. The normalized spacial score (nSPS) is 18.7. The van der Waals surface area contributed by atoms with Gasteiger partial charge in [0, 0.05) is 17.8 Å². The van der Waals surface area contributed by atoms with Gasteiger partial charge in [-0.15, -0.1) is 0 Å². The van der Waals surface area contributed by atoms with E-state index in [1.807, 2.05) is 13.1 Å². The van der Waals surface area contributed by atoms with Crippen LogP contribution >= 0.6 is 0 Å². The van der Waals surface area contributed by atoms with E-state index in [-0.39, 0.29) is 5.92 Å². The molecule has 0 amide bonds. The van der Waals surface area contributed by atoms with Crippen molar-refractivity contribution in [3.63, 3.8) is 0 Å². The van der Waals surface area contributed by atoms with E-state index < -0.39 is 0 Å². The van der Waals surface area contributed by atoms with Crippen molar-refractivity contribution in [1.82, 2.24) is 9.97 Å². The largest absolute Gasteiger partial charge is 0.345 e. The number of H-pyrrole nitrogens is 1. The summed E-state index contributed by atoms with van der Waals surface area (Å²) < 4.78 is 0. The summed E-state index contributed by atoms with van der Waals surface area (Å²) >= 11 is 0. The zero-order valence-electron chi connectivity index (χ0n) is 7.04. The van der Waals surface area contributed by atoms with Crippen LogP contribution in [0.5, 0.6) is 0 Å². The van der Waals surface area contributed by atoms with Gasteiger partial charge in [-0.1, -0.05) is 0 Å². The lowest BCUT2D eigenvalue weighted by Crippen LogP contribution is -1.92. The van der Waals surface area contributed by atoms with Gasteiger partial charge >= 0.3 is 0 Å². The van der Waals surface area contributed by atoms with Crippen LogP contribution in [0.1, 0.15) is 43.1 Å². The van der Waals surface area contributed by atoms with Gasteiger partial charge in [-0.3, -0.25) is 0 Å². The minimum Gasteiger partial charge on any atom is -0.345 e. The average molecular weight is 161 g/mol. The predicted octanol–water partition coefficient (Wildman–Crippen LogP) is 1.91. The Hall–Kier alpha value is -1.30. The van der Waals surface area contributed by atoms with E-state index in [1.54, 1.807) is 0 Å². The van der Waals surface area contributed by atoms with Gasteiger partial charge in [-0.25, -0.2) is 4.98 Å². The van der Waals surface area contributed by atoms with Crippen LogP contribution in [0.15, 0.2) is 6.20 Å². The summed E-state index contributed by atoms with van der Waals surface area (Å²) in [5.74, 6) is 1.38. The molecule has 1 aliphatic rings. The molecule has 3 heteroatoms. The summed E-state index contributed by atoms with van der Waals surface area (Å²) in [4.78, 5) is 7.36. The molecular weight excluding hydrogens is 150 g/mol. The van der Waals surface area contributed by atoms with E-state index in [4.69, 9.17) is 5.26 Å². The zero-order chi connectivity index (χ0) is 8.55. The summed E-state index contributed by atoms with van der Waals surface area (Å²) in [7, 11) is 0. The first-order valence-electron chi connectivity index (χ1n) is 4.25. The number of rotatable bonds is 2. The Bertz CT molecular complexity index is 317. The van der Waals surface area contributed by atoms with Gasteiger partial charge < -0.3 is 4.98 Å². The molecule has 1 heterocycles. The smallest absolute Gasteiger partial charge is 0.123 e. The molecule has 3 nitrogen and oxygen atoms in total. The van der Waals surface area contributed by atoms with Gasteiger partial charge in [0.25, 0.3) is 0 Å². The van der Waals surface area contributed by atoms with E-state index in [0.717, 1.165) is 5.82 Å². The van der Waals surface area contributed by atoms with Crippen LogP contribution in [0.4, 0.5) is 0 Å². The maximum Gasteiger partial charge on any atom is 0.123 e. The van der Waals surface area contributed by atoms with E-state index in [2.05, 4.69) is 16.0 Å². The Balaban J connectivity index is 2.18. The van der Waals surface area contributed by atoms with Crippen LogP contribution in [0.25, 0.3) is 0 Å². The molecule has 0 spiro atoms. The number of nitriles is 1. The zero-order valence-corrected chi connectivity index (χ0v) is 7.04. The van der Waals surface area contributed by atoms with Crippen molar-refractivity contribution < 1.29 is 0 Å². The van der Waals surface area contributed by atoms with Crippen LogP contribution < -0.4 is 0 Å². The molecule has 1 atom stereocenters. The first kappa shape index (κ1) is 7.35. The lowest BCUT2D eigenvalue weighted by atomic mass is 10.2. The van der Waals surface area contributed by atoms with Crippen molar-refractivity contribution >= 4 is 0 Å². The van der Waals surface area contributed by atoms with E-state index in [0.29, 0.717) is 5.92 Å². The monoisotopic (exact) mass is 161 g/mol. The minimum absolute atomic E-state index is 0.113. The van der Waals surface area contributed by atoms with Crippen LogP contribution in [0.2, 0.25) is 0 Å². The molecule has 12 heavy (non-hydrogen) atoms. The van der Waals surface area contributed by atoms with Crippen LogP contribution in [0.3, 0.4) is 0 Å². The molecule has 0 saturated heterocycles. The second kappa shape index (κ2) is 2.63. The fourth-order valence-corrected chi connectivity index (χ4v) is 1.23. The SMILES string of the molecule is CC(C#N)c1ncc(C2CC2)[nH]1. The van der Waals surface area contributed by atoms with Crippen LogP contribution in [-0.4, -0.2) is 9.97 Å². The van der Waals surface area contributed by atoms with Crippen molar-refractivity contribution in [1.29, 1.82) is 5.26 Å². The molecule has 1 unspecified atom stereocenters. The fraction of sp³-hybridized carbons (Fsp3) is 0.556. The summed E-state index contributed by atoms with van der Waals surface area (Å²) in [5, 5.41) is 8.64. The van der Waals surface area contributed by atoms with Gasteiger partial charge in [-0.2, -0.15) is 5.26 Å². The first-order valence-corrected chi connectivity index (χ1v) is 4.25. The molecule has 0 aliphatic heterocycles. The number of hydrogen-bond donors (Lipinski definition) is 1. The first-order chi connectivity index (χ1) is 5.81. The highest BCUT2D eigenvalue weighted by Crippen LogP contribution is 2.39. The van der Waals surface area contributed by atoms with Gasteiger partial charge in [0.05, 0.1) is 6.07 Å². The minimum atomic E-state index is -0.113. The lowest BCUT2D eigenvalue weighted by molar-refractivity contribution is 0.872. The Morgan fingerprint density at radius 1 is 1.75 bits per heavy atom. The Morgan fingerprint density at radius 2 is 2.50 bits per heavy atom. The van der Waals surface area contributed by atoms with E-state index in [1.165, 1.54) is 18.5 Å². The molecule has 1 aromatic rings. The third-order valence-corrected chi connectivity index (χ3v) is 2.24. The second-order valence-electron chi connectivity index (χ2n) is 3.35. The highest BCUT2D eigenvalue weighted by atomic mass is 14.9. The van der Waals surface area contributed by atoms with E-state index in [9.17, 15) is 0 Å². The maximum atomic E-state index is 8.64. The molecule has 62 valence electrons. The third kappa shape index (κ3) is 1.20. The number of aromatic nitrogens is 2. The predicted molar refractivity (Wildman–Crippen MR) is 44.6 cm³/mol. The number of nitrogens with zero attached hydrogens (tertiary/aromatic N) is 2. The number of hydrogen-bond acceptors (Lipinski definition) is 2. The molecule has 0 radical (unpaired) electrons. The molecular formula is C9H11N3. The van der Waals surface area contributed by atoms with Crippen molar-refractivity contribution in [2.24, 2.45) is 0 Å². The van der Waals surface area contributed by atoms with Crippen molar-refractivity contribution in [2.45, 2.75) is 31.6 Å². The summed E-state index contributed by atoms with van der Waals surface area (Å²) in [6.45, 7) is 1.86. The van der Waals surface area contributed by atoms with Crippen molar-refractivity contribution in [2.75, 3.05) is 0 Å². The summed E-state index contributed by atoms with van der Waals surface area (Å²) in [6, 6.07) is 2.16. The van der Waals surface area contributed by atoms with Crippen molar-refractivity contribution in [3.05, 3.63) is 17.7 Å². The Morgan fingerprint density at radius 3 is 3.08 bits per heavy atom. The van der Waals surface area contributed by atoms with Crippen molar-refractivity contribution in [3.8, 4) is 6.07 Å². The van der Waals surface area contributed by atoms with Gasteiger partial charge in [0.15, 0.2) is 0 Å². The molecule has 1 fully saturated rings. The molecule has 1 aromatic heterocycles. The quantitative estimate of drug-likeness (QED) is 0.720. The molecule has 1 saturated carbocycles. The number of imidazole rings is 1. The number of nitrogens with one attached hydrogen (secondary N) is 1. The van der Waals surface area contributed by atoms with Crippen LogP contribution in [-0.2, 0) is 0 Å². The van der Waals surface area contributed by atoms with Gasteiger partial charge in [-0.05, 0) is 19.8 Å². The van der Waals surface area contributed by atoms with Gasteiger partial charge in [0.2, 0.25) is 0 Å². The average Bonchev–Trinajstić information content (AvgIpc) is 2.83. The number of aromatic amines is 1.